The molecule has 0 saturated heterocycles. The maximum absolute atomic E-state index is 11.8. The van der Waals surface area contributed by atoms with E-state index in [9.17, 15) is 4.79 Å². The molecule has 2 N–H and O–H groups in total. The number of anilines is 1. The van der Waals surface area contributed by atoms with E-state index in [0.717, 1.165) is 28.1 Å². The van der Waals surface area contributed by atoms with Crippen molar-refractivity contribution < 1.29 is 9.53 Å². The molecule has 30 heavy (non-hydrogen) atoms. The average molecular weight is 424 g/mol. The van der Waals surface area contributed by atoms with Gasteiger partial charge in [0.2, 0.25) is 0 Å². The molecule has 1 amide bonds. The van der Waals surface area contributed by atoms with Gasteiger partial charge in [0.25, 0.3) is 5.91 Å². The molecule has 0 spiro atoms. The first kappa shape index (κ1) is 22.9. The van der Waals surface area contributed by atoms with Crippen LogP contribution in [0.5, 0.6) is 5.75 Å². The van der Waals surface area contributed by atoms with Gasteiger partial charge in [-0.15, -0.1) is 0 Å². The molecule has 0 atom stereocenters. The fraction of sp³-hybridized carbons (Fsp3) is 0.182. The fourth-order valence-corrected chi connectivity index (χ4v) is 2.79. The van der Waals surface area contributed by atoms with Crippen LogP contribution in [0.1, 0.15) is 21.6 Å². The predicted molar refractivity (Wildman–Crippen MR) is 124 cm³/mol. The molecule has 0 unspecified atom stereocenters. The van der Waals surface area contributed by atoms with Crippen molar-refractivity contribution in [1.29, 1.82) is 0 Å². The first-order valence-electron chi connectivity index (χ1n) is 9.09. The van der Waals surface area contributed by atoms with Crippen molar-refractivity contribution in [3.8, 4) is 17.0 Å². The first-order valence-corrected chi connectivity index (χ1v) is 9.09. The van der Waals surface area contributed by atoms with Crippen LogP contribution in [-0.4, -0.2) is 41.6 Å². The second kappa shape index (κ2) is 10.4. The van der Waals surface area contributed by atoms with Crippen molar-refractivity contribution in [1.82, 2.24) is 20.3 Å². The molecule has 8 heteroatoms. The van der Waals surface area contributed by atoms with Gasteiger partial charge in [0.1, 0.15) is 17.9 Å². The number of carbonyl (C=O) groups is 1. The molecular weight excluding hydrogens is 398 g/mol. The summed E-state index contributed by atoms with van der Waals surface area (Å²) >= 11 is 0. The van der Waals surface area contributed by atoms with Crippen molar-refractivity contribution in [2.45, 2.75) is 6.92 Å². The zero-order valence-electron chi connectivity index (χ0n) is 17.2. The van der Waals surface area contributed by atoms with Gasteiger partial charge >= 0.3 is 0 Å². The molecule has 0 aliphatic carbocycles. The van der Waals surface area contributed by atoms with Gasteiger partial charge in [0.15, 0.2) is 0 Å². The summed E-state index contributed by atoms with van der Waals surface area (Å²) in [7, 11) is 3.16. The minimum absolute atomic E-state index is 0. The molecule has 1 aromatic carbocycles. The number of benzene rings is 1. The van der Waals surface area contributed by atoms with Crippen molar-refractivity contribution in [2.75, 3.05) is 26.0 Å². The number of hydrogen-bond donors (Lipinski definition) is 2. The zero-order chi connectivity index (χ0) is 20.8. The Morgan fingerprint density at radius 2 is 1.93 bits per heavy atom. The summed E-state index contributed by atoms with van der Waals surface area (Å²) in [5.74, 6) is 1.10. The minimum Gasteiger partial charge on any atom is -0.496 e. The van der Waals surface area contributed by atoms with E-state index in [1.54, 1.807) is 32.5 Å². The van der Waals surface area contributed by atoms with E-state index in [1.165, 1.54) is 6.33 Å². The molecule has 0 bridgehead atoms. The summed E-state index contributed by atoms with van der Waals surface area (Å²) in [6.07, 6.45) is 3.30. The highest BCUT2D eigenvalue weighted by Crippen LogP contribution is 2.27. The number of aromatic nitrogens is 3. The van der Waals surface area contributed by atoms with Crippen LogP contribution >= 0.6 is 13.5 Å². The molecule has 0 aliphatic rings. The van der Waals surface area contributed by atoms with Crippen LogP contribution in [0, 0.1) is 6.92 Å². The lowest BCUT2D eigenvalue weighted by molar-refractivity contribution is 0.0962. The third-order valence-electron chi connectivity index (χ3n) is 4.43. The molecule has 2 heterocycles. The Labute approximate surface area is 183 Å². The number of pyridine rings is 1. The van der Waals surface area contributed by atoms with Crippen molar-refractivity contribution in [2.24, 2.45) is 0 Å². The Hall–Kier alpha value is -3.39. The summed E-state index contributed by atoms with van der Waals surface area (Å²) in [6.45, 7) is 6.54. The standard InChI is InChI=1S/C22H23N5O2.H2S/c1-14(18-8-7-16(22(28)23-3)9-20(18)29-4)11-25-21-10-19(26-13-27-21)17-6-5-15(2)24-12-17;/h5-10,12-13H,1,11H2,2-4H3,(H,23,28)(H,25,26,27);1H2. The van der Waals surface area contributed by atoms with Crippen LogP contribution in [0.4, 0.5) is 5.82 Å². The highest BCUT2D eigenvalue weighted by molar-refractivity contribution is 7.59. The van der Waals surface area contributed by atoms with Gasteiger partial charge in [0, 0.05) is 48.2 Å². The maximum atomic E-state index is 11.8. The smallest absolute Gasteiger partial charge is 0.251 e. The van der Waals surface area contributed by atoms with Crippen LogP contribution in [0.15, 0.2) is 55.5 Å². The number of ether oxygens (including phenoxy) is 1. The number of amides is 1. The third kappa shape index (κ3) is 5.36. The molecule has 0 aliphatic heterocycles. The Balaban J connectivity index is 0.00000320. The molecule has 0 radical (unpaired) electrons. The molecular formula is C22H25N5O2S. The van der Waals surface area contributed by atoms with E-state index >= 15 is 0 Å². The van der Waals surface area contributed by atoms with E-state index in [2.05, 4.69) is 32.2 Å². The Kier molecular flexibility index (Phi) is 7.94. The van der Waals surface area contributed by atoms with Crippen LogP contribution in [-0.2, 0) is 0 Å². The Bertz CT molecular complexity index is 1040. The lowest BCUT2D eigenvalue weighted by Crippen LogP contribution is -2.18. The largest absolute Gasteiger partial charge is 0.496 e. The average Bonchev–Trinajstić information content (AvgIpc) is 2.77. The van der Waals surface area contributed by atoms with Gasteiger partial charge in [-0.25, -0.2) is 9.97 Å². The quantitative estimate of drug-likeness (QED) is 0.605. The van der Waals surface area contributed by atoms with E-state index < -0.39 is 0 Å². The van der Waals surface area contributed by atoms with Gasteiger partial charge < -0.3 is 15.4 Å². The lowest BCUT2D eigenvalue weighted by Gasteiger charge is -2.14. The summed E-state index contributed by atoms with van der Waals surface area (Å²) in [5, 5.41) is 5.86. The molecule has 2 aromatic heterocycles. The third-order valence-corrected chi connectivity index (χ3v) is 4.43. The summed E-state index contributed by atoms with van der Waals surface area (Å²) in [4.78, 5) is 24.7. The number of nitrogens with zero attached hydrogens (tertiary/aromatic N) is 3. The highest BCUT2D eigenvalue weighted by atomic mass is 32.1. The molecule has 3 aromatic rings. The number of hydrogen-bond acceptors (Lipinski definition) is 6. The van der Waals surface area contributed by atoms with Crippen LogP contribution < -0.4 is 15.4 Å². The topological polar surface area (TPSA) is 89.0 Å². The van der Waals surface area contributed by atoms with Gasteiger partial charge in [-0.3, -0.25) is 9.78 Å². The number of nitrogens with one attached hydrogen (secondary N) is 2. The number of rotatable bonds is 7. The van der Waals surface area contributed by atoms with Crippen molar-refractivity contribution in [3.63, 3.8) is 0 Å². The van der Waals surface area contributed by atoms with Crippen LogP contribution in [0.3, 0.4) is 0 Å². The van der Waals surface area contributed by atoms with Crippen molar-refractivity contribution in [3.05, 3.63) is 72.3 Å². The van der Waals surface area contributed by atoms with Crippen LogP contribution in [0.25, 0.3) is 16.8 Å². The number of carbonyl (C=O) groups excluding carboxylic acids is 1. The van der Waals surface area contributed by atoms with Crippen molar-refractivity contribution >= 4 is 30.8 Å². The minimum atomic E-state index is -0.169. The lowest BCUT2D eigenvalue weighted by atomic mass is 10.0. The fourth-order valence-electron chi connectivity index (χ4n) is 2.79. The highest BCUT2D eigenvalue weighted by Gasteiger charge is 2.12. The SMILES string of the molecule is C=C(CNc1cc(-c2ccc(C)nc2)ncn1)c1ccc(C(=O)NC)cc1OC.S. The second-order valence-electron chi connectivity index (χ2n) is 6.43. The molecule has 0 fully saturated rings. The van der Waals surface area contributed by atoms with Gasteiger partial charge in [0.05, 0.1) is 12.8 Å². The normalized spacial score (nSPS) is 9.97. The second-order valence-corrected chi connectivity index (χ2v) is 6.43. The summed E-state index contributed by atoms with van der Waals surface area (Å²) in [5.41, 5.74) is 4.82. The first-order chi connectivity index (χ1) is 14.0. The van der Waals surface area contributed by atoms with Gasteiger partial charge in [-0.1, -0.05) is 12.6 Å². The zero-order valence-corrected chi connectivity index (χ0v) is 18.2. The Morgan fingerprint density at radius 3 is 2.60 bits per heavy atom. The molecule has 0 saturated carbocycles. The molecule has 156 valence electrons. The van der Waals surface area contributed by atoms with E-state index in [4.69, 9.17) is 4.74 Å². The Morgan fingerprint density at radius 1 is 1.13 bits per heavy atom. The van der Waals surface area contributed by atoms with Gasteiger partial charge in [-0.05, 0) is 36.8 Å². The van der Waals surface area contributed by atoms with E-state index in [1.807, 2.05) is 31.2 Å². The van der Waals surface area contributed by atoms with E-state index in [0.29, 0.717) is 23.7 Å². The van der Waals surface area contributed by atoms with Crippen LogP contribution in [0.2, 0.25) is 0 Å². The number of aryl methyl sites for hydroxylation is 1. The summed E-state index contributed by atoms with van der Waals surface area (Å²) in [6, 6.07) is 11.1. The van der Waals surface area contributed by atoms with E-state index in [-0.39, 0.29) is 19.4 Å². The number of methoxy groups -OCH3 is 1. The van der Waals surface area contributed by atoms with Gasteiger partial charge in [-0.2, -0.15) is 13.5 Å². The predicted octanol–water partition coefficient (Wildman–Crippen LogP) is 3.45. The molecule has 3 rings (SSSR count). The monoisotopic (exact) mass is 423 g/mol. The maximum Gasteiger partial charge on any atom is 0.251 e. The molecule has 7 nitrogen and oxygen atoms in total. The summed E-state index contributed by atoms with van der Waals surface area (Å²) < 4.78 is 5.44.